The maximum absolute atomic E-state index is 11.2. The SMILES string of the molecule is CCCC(=O)N(C=O)OC(=O)OCC1CC1. The number of amides is 2. The summed E-state index contributed by atoms with van der Waals surface area (Å²) in [4.78, 5) is 37.2. The fourth-order valence-corrected chi connectivity index (χ4v) is 1.03. The van der Waals surface area contributed by atoms with Crippen LogP contribution in [0.2, 0.25) is 0 Å². The summed E-state index contributed by atoms with van der Waals surface area (Å²) >= 11 is 0. The maximum atomic E-state index is 11.2. The van der Waals surface area contributed by atoms with E-state index in [0.29, 0.717) is 17.4 Å². The van der Waals surface area contributed by atoms with Crippen LogP contribution in [0.15, 0.2) is 0 Å². The third kappa shape index (κ3) is 4.29. The largest absolute Gasteiger partial charge is 0.533 e. The summed E-state index contributed by atoms with van der Waals surface area (Å²) in [6.45, 7) is 2.07. The number of hydrogen-bond donors (Lipinski definition) is 0. The van der Waals surface area contributed by atoms with Crippen molar-refractivity contribution in [3.8, 4) is 0 Å². The summed E-state index contributed by atoms with van der Waals surface area (Å²) in [5, 5.41) is 0.374. The number of hydrogen-bond acceptors (Lipinski definition) is 5. The second-order valence-corrected chi connectivity index (χ2v) is 3.67. The zero-order valence-corrected chi connectivity index (χ0v) is 9.18. The summed E-state index contributed by atoms with van der Waals surface area (Å²) in [6, 6.07) is 0. The van der Waals surface area contributed by atoms with Crippen LogP contribution in [0.1, 0.15) is 32.6 Å². The molecule has 0 heterocycles. The molecule has 6 heteroatoms. The van der Waals surface area contributed by atoms with Gasteiger partial charge in [-0.3, -0.25) is 14.4 Å². The monoisotopic (exact) mass is 229 g/mol. The summed E-state index contributed by atoms with van der Waals surface area (Å²) in [5.74, 6) is -0.149. The predicted octanol–water partition coefficient (Wildman–Crippen LogP) is 1.25. The van der Waals surface area contributed by atoms with Crippen LogP contribution in [-0.2, 0) is 19.2 Å². The van der Waals surface area contributed by atoms with E-state index in [1.165, 1.54) is 0 Å². The van der Waals surface area contributed by atoms with E-state index >= 15 is 0 Å². The molecule has 0 aromatic heterocycles. The first-order valence-corrected chi connectivity index (χ1v) is 5.29. The third-order valence-corrected chi connectivity index (χ3v) is 2.11. The van der Waals surface area contributed by atoms with Crippen molar-refractivity contribution in [3.05, 3.63) is 0 Å². The number of rotatable bonds is 5. The molecular formula is C10H15NO5. The molecular weight excluding hydrogens is 214 g/mol. The Morgan fingerprint density at radius 1 is 1.44 bits per heavy atom. The fraction of sp³-hybridized carbons (Fsp3) is 0.700. The van der Waals surface area contributed by atoms with Gasteiger partial charge in [-0.05, 0) is 25.2 Å². The number of hydroxylamine groups is 2. The Morgan fingerprint density at radius 2 is 2.12 bits per heavy atom. The summed E-state index contributed by atoms with van der Waals surface area (Å²) in [6.07, 6.45) is 1.96. The topological polar surface area (TPSA) is 72.9 Å². The van der Waals surface area contributed by atoms with Crippen molar-refractivity contribution < 1.29 is 24.0 Å². The van der Waals surface area contributed by atoms with Crippen LogP contribution in [0.4, 0.5) is 4.79 Å². The van der Waals surface area contributed by atoms with Crippen molar-refractivity contribution in [1.82, 2.24) is 5.06 Å². The third-order valence-electron chi connectivity index (χ3n) is 2.11. The molecule has 0 aliphatic heterocycles. The van der Waals surface area contributed by atoms with Gasteiger partial charge in [-0.2, -0.15) is 0 Å². The lowest BCUT2D eigenvalue weighted by atomic mass is 10.3. The Labute approximate surface area is 93.4 Å². The van der Waals surface area contributed by atoms with Gasteiger partial charge in [0.15, 0.2) is 0 Å². The van der Waals surface area contributed by atoms with Gasteiger partial charge in [0, 0.05) is 6.42 Å². The molecule has 0 spiro atoms. The molecule has 6 nitrogen and oxygen atoms in total. The van der Waals surface area contributed by atoms with E-state index < -0.39 is 12.1 Å². The van der Waals surface area contributed by atoms with E-state index in [-0.39, 0.29) is 19.4 Å². The minimum Gasteiger partial charge on any atom is -0.432 e. The van der Waals surface area contributed by atoms with Crippen molar-refractivity contribution in [2.45, 2.75) is 32.6 Å². The fourth-order valence-electron chi connectivity index (χ4n) is 1.03. The predicted molar refractivity (Wildman–Crippen MR) is 53.0 cm³/mol. The molecule has 16 heavy (non-hydrogen) atoms. The molecule has 0 bridgehead atoms. The van der Waals surface area contributed by atoms with Crippen molar-refractivity contribution in [2.75, 3.05) is 6.61 Å². The summed E-state index contributed by atoms with van der Waals surface area (Å²) < 4.78 is 4.71. The Hall–Kier alpha value is -1.59. The van der Waals surface area contributed by atoms with E-state index in [4.69, 9.17) is 4.74 Å². The van der Waals surface area contributed by atoms with Gasteiger partial charge in [0.25, 0.3) is 12.3 Å². The molecule has 0 unspecified atom stereocenters. The Kier molecular flexibility index (Phi) is 4.75. The van der Waals surface area contributed by atoms with Gasteiger partial charge in [0.05, 0.1) is 6.61 Å². The number of ether oxygens (including phenoxy) is 1. The van der Waals surface area contributed by atoms with E-state index in [2.05, 4.69) is 4.84 Å². The second-order valence-electron chi connectivity index (χ2n) is 3.67. The first-order chi connectivity index (χ1) is 7.67. The van der Waals surface area contributed by atoms with Crippen LogP contribution in [0.5, 0.6) is 0 Å². The van der Waals surface area contributed by atoms with E-state index in [0.717, 1.165) is 12.8 Å². The molecule has 0 radical (unpaired) electrons. The highest BCUT2D eigenvalue weighted by Crippen LogP contribution is 2.28. The van der Waals surface area contributed by atoms with Crippen LogP contribution in [0.25, 0.3) is 0 Å². The van der Waals surface area contributed by atoms with Gasteiger partial charge >= 0.3 is 6.16 Å². The van der Waals surface area contributed by atoms with E-state index in [1.807, 2.05) is 0 Å². The quantitative estimate of drug-likeness (QED) is 0.403. The molecule has 1 fully saturated rings. The molecule has 2 amide bonds. The van der Waals surface area contributed by atoms with Crippen LogP contribution < -0.4 is 0 Å². The highest BCUT2D eigenvalue weighted by Gasteiger charge is 2.25. The number of carbonyl (C=O) groups excluding carboxylic acids is 3. The van der Waals surface area contributed by atoms with Gasteiger partial charge in [-0.1, -0.05) is 6.92 Å². The van der Waals surface area contributed by atoms with Crippen molar-refractivity contribution in [2.24, 2.45) is 5.92 Å². The molecule has 1 saturated carbocycles. The second kappa shape index (κ2) is 6.09. The van der Waals surface area contributed by atoms with Gasteiger partial charge in [0.1, 0.15) is 0 Å². The summed E-state index contributed by atoms with van der Waals surface area (Å²) in [7, 11) is 0. The lowest BCUT2D eigenvalue weighted by molar-refractivity contribution is -0.176. The molecule has 0 aromatic carbocycles. The number of carbonyl (C=O) groups is 3. The van der Waals surface area contributed by atoms with Crippen molar-refractivity contribution in [3.63, 3.8) is 0 Å². The minimum absolute atomic E-state index is 0.147. The molecule has 1 rings (SSSR count). The highest BCUT2D eigenvalue weighted by atomic mass is 16.8. The molecule has 1 aliphatic rings. The zero-order chi connectivity index (χ0) is 12.0. The highest BCUT2D eigenvalue weighted by molar-refractivity contribution is 5.85. The molecule has 0 saturated heterocycles. The average Bonchev–Trinajstić information content (AvgIpc) is 3.07. The maximum Gasteiger partial charge on any atom is 0.533 e. The smallest absolute Gasteiger partial charge is 0.432 e. The molecule has 90 valence electrons. The van der Waals surface area contributed by atoms with Gasteiger partial charge in [-0.25, -0.2) is 4.79 Å². The zero-order valence-electron chi connectivity index (χ0n) is 9.18. The first kappa shape index (κ1) is 12.5. The lowest BCUT2D eigenvalue weighted by Crippen LogP contribution is -2.32. The minimum atomic E-state index is -1.01. The Bertz CT molecular complexity index is 274. The Morgan fingerprint density at radius 3 is 2.62 bits per heavy atom. The van der Waals surface area contributed by atoms with E-state index in [1.54, 1.807) is 6.92 Å². The van der Waals surface area contributed by atoms with Crippen LogP contribution in [0, 0.1) is 5.92 Å². The standard InChI is InChI=1S/C10H15NO5/c1-2-3-9(13)11(7-12)16-10(14)15-6-8-4-5-8/h7-8H,2-6H2,1H3. The lowest BCUT2D eigenvalue weighted by Gasteiger charge is -2.13. The Balaban J connectivity index is 2.26. The van der Waals surface area contributed by atoms with Crippen LogP contribution in [-0.4, -0.2) is 30.1 Å². The number of imide groups is 1. The van der Waals surface area contributed by atoms with Crippen LogP contribution >= 0.6 is 0 Å². The van der Waals surface area contributed by atoms with Gasteiger partial charge in [-0.15, -0.1) is 5.06 Å². The van der Waals surface area contributed by atoms with Crippen molar-refractivity contribution in [1.29, 1.82) is 0 Å². The number of nitrogens with zero attached hydrogens (tertiary/aromatic N) is 1. The molecule has 0 aromatic rings. The van der Waals surface area contributed by atoms with Gasteiger partial charge < -0.3 is 4.74 Å². The summed E-state index contributed by atoms with van der Waals surface area (Å²) in [5.41, 5.74) is 0. The van der Waals surface area contributed by atoms with E-state index in [9.17, 15) is 14.4 Å². The molecule has 0 N–H and O–H groups in total. The average molecular weight is 229 g/mol. The molecule has 0 atom stereocenters. The normalized spacial score (nSPS) is 14.1. The first-order valence-electron chi connectivity index (χ1n) is 5.29. The molecule has 1 aliphatic carbocycles. The van der Waals surface area contributed by atoms with Gasteiger partial charge in [0.2, 0.25) is 0 Å². The van der Waals surface area contributed by atoms with Crippen molar-refractivity contribution >= 4 is 18.5 Å². The van der Waals surface area contributed by atoms with Crippen LogP contribution in [0.3, 0.4) is 0 Å².